The van der Waals surface area contributed by atoms with Crippen LogP contribution in [0.2, 0.25) is 0 Å². The van der Waals surface area contributed by atoms with Gasteiger partial charge in [-0.25, -0.2) is 4.79 Å². The Kier molecular flexibility index (Phi) is 4.98. The maximum absolute atomic E-state index is 11.3. The van der Waals surface area contributed by atoms with E-state index >= 15 is 0 Å². The highest BCUT2D eigenvalue weighted by molar-refractivity contribution is 9.10. The fourth-order valence-corrected chi connectivity index (χ4v) is 1.46. The summed E-state index contributed by atoms with van der Waals surface area (Å²) in [6.45, 7) is 2.09. The number of nitrogens with zero attached hydrogens (tertiary/aromatic N) is 1. The zero-order chi connectivity index (χ0) is 12.0. The van der Waals surface area contributed by atoms with Crippen LogP contribution in [0.25, 0.3) is 5.76 Å². The van der Waals surface area contributed by atoms with E-state index in [1.165, 1.54) is 13.2 Å². The van der Waals surface area contributed by atoms with Crippen LogP contribution < -0.4 is 0 Å². The van der Waals surface area contributed by atoms with Crippen molar-refractivity contribution in [1.29, 1.82) is 0 Å². The maximum Gasteiger partial charge on any atom is 0.334 e. The number of hydrogen-bond donors (Lipinski definition) is 0. The molecular weight excluding hydrogens is 274 g/mol. The second-order valence-electron chi connectivity index (χ2n) is 2.86. The molecule has 16 heavy (non-hydrogen) atoms. The van der Waals surface area contributed by atoms with Gasteiger partial charge in [0.05, 0.1) is 19.8 Å². The lowest BCUT2D eigenvalue weighted by atomic mass is 10.2. The Morgan fingerprint density at radius 1 is 1.56 bits per heavy atom. The quantitative estimate of drug-likeness (QED) is 0.484. The minimum atomic E-state index is -0.431. The van der Waals surface area contributed by atoms with Crippen LogP contribution in [0.1, 0.15) is 12.5 Å². The Morgan fingerprint density at radius 3 is 2.88 bits per heavy atom. The van der Waals surface area contributed by atoms with Gasteiger partial charge in [-0.15, -0.1) is 0 Å². The molecule has 1 aromatic heterocycles. The van der Waals surface area contributed by atoms with Gasteiger partial charge in [-0.05, 0) is 28.9 Å². The summed E-state index contributed by atoms with van der Waals surface area (Å²) in [7, 11) is 1.49. The summed E-state index contributed by atoms with van der Waals surface area (Å²) < 4.78 is 10.7. The van der Waals surface area contributed by atoms with Crippen molar-refractivity contribution in [2.45, 2.75) is 6.92 Å². The summed E-state index contributed by atoms with van der Waals surface area (Å²) in [6.07, 6.45) is 4.56. The summed E-state index contributed by atoms with van der Waals surface area (Å²) in [5.74, 6) is -0.00780. The maximum atomic E-state index is 11.3. The Labute approximate surface area is 102 Å². The standard InChI is InChI=1S/C11H12BrNO3/c1-3-16-11(14)5-10(15-2)8-4-9(12)7-13-6-8/h4-7H,3H2,1-2H3/b10-5-. The highest BCUT2D eigenvalue weighted by atomic mass is 79.9. The molecule has 0 N–H and O–H groups in total. The van der Waals surface area contributed by atoms with Crippen LogP contribution in [0.15, 0.2) is 29.0 Å². The fourth-order valence-electron chi connectivity index (χ4n) is 1.10. The first kappa shape index (κ1) is 12.7. The van der Waals surface area contributed by atoms with Gasteiger partial charge in [-0.1, -0.05) is 0 Å². The van der Waals surface area contributed by atoms with Gasteiger partial charge in [0.15, 0.2) is 0 Å². The summed E-state index contributed by atoms with van der Waals surface area (Å²) in [4.78, 5) is 15.2. The average Bonchev–Trinajstić information content (AvgIpc) is 2.26. The van der Waals surface area contributed by atoms with Gasteiger partial charge >= 0.3 is 5.97 Å². The van der Waals surface area contributed by atoms with E-state index in [4.69, 9.17) is 9.47 Å². The smallest absolute Gasteiger partial charge is 0.334 e. The van der Waals surface area contributed by atoms with Crippen LogP contribution in [0.3, 0.4) is 0 Å². The van der Waals surface area contributed by atoms with Crippen molar-refractivity contribution in [3.63, 3.8) is 0 Å². The lowest BCUT2D eigenvalue weighted by Crippen LogP contribution is -2.02. The van der Waals surface area contributed by atoms with Gasteiger partial charge in [0, 0.05) is 22.4 Å². The molecule has 0 bridgehead atoms. The molecule has 1 aromatic rings. The predicted molar refractivity (Wildman–Crippen MR) is 63.6 cm³/mol. The van der Waals surface area contributed by atoms with E-state index in [9.17, 15) is 4.79 Å². The van der Waals surface area contributed by atoms with Crippen molar-refractivity contribution in [3.8, 4) is 0 Å². The number of halogens is 1. The minimum absolute atomic E-state index is 0.336. The molecule has 0 radical (unpaired) electrons. The molecule has 0 saturated heterocycles. The summed E-state index contributed by atoms with van der Waals surface area (Å²) in [5.41, 5.74) is 0.713. The monoisotopic (exact) mass is 285 g/mol. The summed E-state index contributed by atoms with van der Waals surface area (Å²) in [6, 6.07) is 1.81. The predicted octanol–water partition coefficient (Wildman–Crippen LogP) is 2.39. The highest BCUT2D eigenvalue weighted by Crippen LogP contribution is 2.18. The Morgan fingerprint density at radius 2 is 2.31 bits per heavy atom. The Balaban J connectivity index is 2.94. The van der Waals surface area contributed by atoms with Crippen molar-refractivity contribution in [2.24, 2.45) is 0 Å². The van der Waals surface area contributed by atoms with E-state index in [1.807, 2.05) is 6.07 Å². The molecule has 5 heteroatoms. The molecule has 0 saturated carbocycles. The molecule has 0 spiro atoms. The van der Waals surface area contributed by atoms with Crippen molar-refractivity contribution in [2.75, 3.05) is 13.7 Å². The number of aromatic nitrogens is 1. The summed E-state index contributed by atoms with van der Waals surface area (Å²) >= 11 is 3.30. The second-order valence-corrected chi connectivity index (χ2v) is 3.77. The lowest BCUT2D eigenvalue weighted by Gasteiger charge is -2.06. The van der Waals surface area contributed by atoms with Crippen LogP contribution in [0.4, 0.5) is 0 Å². The van der Waals surface area contributed by atoms with Gasteiger partial charge < -0.3 is 9.47 Å². The Bertz CT molecular complexity index is 404. The molecule has 0 amide bonds. The first-order valence-corrected chi connectivity index (χ1v) is 5.50. The summed E-state index contributed by atoms with van der Waals surface area (Å²) in [5, 5.41) is 0. The molecule has 0 fully saturated rings. The van der Waals surface area contributed by atoms with Crippen LogP contribution in [0, 0.1) is 0 Å². The van der Waals surface area contributed by atoms with Crippen LogP contribution in [-0.4, -0.2) is 24.7 Å². The van der Waals surface area contributed by atoms with Crippen LogP contribution in [0.5, 0.6) is 0 Å². The molecule has 0 aromatic carbocycles. The molecule has 4 nitrogen and oxygen atoms in total. The SMILES string of the molecule is CCOC(=O)/C=C(\OC)c1cncc(Br)c1. The largest absolute Gasteiger partial charge is 0.496 e. The van der Waals surface area contributed by atoms with Crippen molar-refractivity contribution in [1.82, 2.24) is 4.98 Å². The zero-order valence-corrected chi connectivity index (χ0v) is 10.7. The number of carbonyl (C=O) groups is 1. The van der Waals surface area contributed by atoms with E-state index in [-0.39, 0.29) is 0 Å². The molecule has 1 rings (SSSR count). The van der Waals surface area contributed by atoms with E-state index in [0.29, 0.717) is 17.9 Å². The lowest BCUT2D eigenvalue weighted by molar-refractivity contribution is -0.137. The number of methoxy groups -OCH3 is 1. The molecule has 86 valence electrons. The van der Waals surface area contributed by atoms with Crippen LogP contribution >= 0.6 is 15.9 Å². The number of pyridine rings is 1. The van der Waals surface area contributed by atoms with E-state index < -0.39 is 5.97 Å². The van der Waals surface area contributed by atoms with Crippen LogP contribution in [-0.2, 0) is 14.3 Å². The molecule has 0 unspecified atom stereocenters. The molecule has 1 heterocycles. The minimum Gasteiger partial charge on any atom is -0.496 e. The van der Waals surface area contributed by atoms with E-state index in [0.717, 1.165) is 4.47 Å². The second kappa shape index (κ2) is 6.27. The number of ether oxygens (including phenoxy) is 2. The zero-order valence-electron chi connectivity index (χ0n) is 9.07. The molecule has 0 atom stereocenters. The van der Waals surface area contributed by atoms with Gasteiger partial charge in [0.25, 0.3) is 0 Å². The van der Waals surface area contributed by atoms with Gasteiger partial charge in [-0.2, -0.15) is 0 Å². The van der Waals surface area contributed by atoms with Crippen molar-refractivity contribution >= 4 is 27.7 Å². The van der Waals surface area contributed by atoms with Crippen molar-refractivity contribution < 1.29 is 14.3 Å². The van der Waals surface area contributed by atoms with Crippen molar-refractivity contribution in [3.05, 3.63) is 34.6 Å². The highest BCUT2D eigenvalue weighted by Gasteiger charge is 2.06. The van der Waals surface area contributed by atoms with Gasteiger partial charge in [0.1, 0.15) is 5.76 Å². The van der Waals surface area contributed by atoms with Gasteiger partial charge in [0.2, 0.25) is 0 Å². The van der Waals surface area contributed by atoms with E-state index in [1.54, 1.807) is 19.3 Å². The number of esters is 1. The number of rotatable bonds is 4. The molecule has 0 aliphatic heterocycles. The number of carbonyl (C=O) groups excluding carboxylic acids is 1. The fraction of sp³-hybridized carbons (Fsp3) is 0.273. The molecular formula is C11H12BrNO3. The first-order chi connectivity index (χ1) is 7.67. The molecule has 0 aliphatic carbocycles. The normalized spacial score (nSPS) is 11.1. The topological polar surface area (TPSA) is 48.4 Å². The average molecular weight is 286 g/mol. The Hall–Kier alpha value is -1.36. The van der Waals surface area contributed by atoms with E-state index in [2.05, 4.69) is 20.9 Å². The third-order valence-corrected chi connectivity index (χ3v) is 2.18. The molecule has 0 aliphatic rings. The first-order valence-electron chi connectivity index (χ1n) is 4.70. The third-order valence-electron chi connectivity index (χ3n) is 1.74. The third kappa shape index (κ3) is 3.66. The number of hydrogen-bond acceptors (Lipinski definition) is 4. The van der Waals surface area contributed by atoms with Gasteiger partial charge in [-0.3, -0.25) is 4.98 Å².